The smallest absolute Gasteiger partial charge is 0.253 e. The maximum absolute atomic E-state index is 13.0. The third kappa shape index (κ3) is 4.74. The molecule has 0 aliphatic carbocycles. The number of likely N-dealkylation sites (tertiary alicyclic amines) is 1. The number of nitrogens with zero attached hydrogens (tertiary/aromatic N) is 1. The lowest BCUT2D eigenvalue weighted by atomic mass is 9.88. The van der Waals surface area contributed by atoms with E-state index in [0.29, 0.717) is 30.2 Å². The van der Waals surface area contributed by atoms with Gasteiger partial charge < -0.3 is 10.2 Å². The summed E-state index contributed by atoms with van der Waals surface area (Å²) in [5, 5.41) is 3.65. The molecule has 1 fully saturated rings. The number of nitrogens with one attached hydrogen (secondary N) is 1. The van der Waals surface area contributed by atoms with E-state index in [4.69, 9.17) is 11.6 Å². The van der Waals surface area contributed by atoms with Crippen molar-refractivity contribution < 1.29 is 9.59 Å². The van der Waals surface area contributed by atoms with Crippen LogP contribution in [0.5, 0.6) is 0 Å². The van der Waals surface area contributed by atoms with E-state index in [-0.39, 0.29) is 23.7 Å². The van der Waals surface area contributed by atoms with E-state index in [1.54, 1.807) is 29.2 Å². The topological polar surface area (TPSA) is 49.4 Å². The Morgan fingerprint density at radius 1 is 1.07 bits per heavy atom. The number of carbonyl (C=O) groups excluding carboxylic acids is 2. The minimum absolute atomic E-state index is 0.00141. The maximum Gasteiger partial charge on any atom is 0.253 e. The van der Waals surface area contributed by atoms with E-state index < -0.39 is 0 Å². The molecular weight excluding hydrogens is 372 g/mol. The number of benzene rings is 2. The molecule has 0 spiro atoms. The molecule has 5 heteroatoms. The van der Waals surface area contributed by atoms with Crippen molar-refractivity contribution in [2.45, 2.75) is 32.6 Å². The van der Waals surface area contributed by atoms with Gasteiger partial charge in [0.2, 0.25) is 5.91 Å². The standard InChI is InChI=1S/C23H27ClN2O2/c1-3-4-13-25-22(27)21-15-26(23(28)18-9-11-19(24)12-10-18)14-20(21)17-7-5-16(2)6-8-17/h5-12,20-21H,3-4,13-15H2,1-2H3,(H,25,27). The van der Waals surface area contributed by atoms with Crippen LogP contribution in [0.25, 0.3) is 0 Å². The van der Waals surface area contributed by atoms with E-state index in [9.17, 15) is 9.59 Å². The molecule has 0 aromatic heterocycles. The van der Waals surface area contributed by atoms with Gasteiger partial charge in [0.1, 0.15) is 0 Å². The molecule has 1 aliphatic heterocycles. The minimum atomic E-state index is -0.240. The highest BCUT2D eigenvalue weighted by Gasteiger charge is 2.40. The molecule has 1 aliphatic rings. The van der Waals surface area contributed by atoms with Crippen molar-refractivity contribution in [3.8, 4) is 0 Å². The first-order valence-corrected chi connectivity index (χ1v) is 10.3. The average Bonchev–Trinajstić information content (AvgIpc) is 3.14. The van der Waals surface area contributed by atoms with Gasteiger partial charge in [-0.15, -0.1) is 0 Å². The molecule has 2 aromatic rings. The number of unbranched alkanes of at least 4 members (excludes halogenated alkanes) is 1. The van der Waals surface area contributed by atoms with Crippen LogP contribution < -0.4 is 5.32 Å². The second kappa shape index (κ2) is 9.24. The van der Waals surface area contributed by atoms with E-state index in [0.717, 1.165) is 18.4 Å². The Hall–Kier alpha value is -2.33. The molecule has 3 rings (SSSR count). The lowest BCUT2D eigenvalue weighted by Gasteiger charge is -2.18. The van der Waals surface area contributed by atoms with Crippen molar-refractivity contribution in [2.75, 3.05) is 19.6 Å². The highest BCUT2D eigenvalue weighted by molar-refractivity contribution is 6.30. The van der Waals surface area contributed by atoms with Crippen LogP contribution in [0.1, 0.15) is 47.2 Å². The normalized spacial score (nSPS) is 18.9. The lowest BCUT2D eigenvalue weighted by molar-refractivity contribution is -0.124. The van der Waals surface area contributed by atoms with E-state index >= 15 is 0 Å². The number of aryl methyl sites for hydroxylation is 1. The highest BCUT2D eigenvalue weighted by atomic mass is 35.5. The molecule has 0 radical (unpaired) electrons. The lowest BCUT2D eigenvalue weighted by Crippen LogP contribution is -2.36. The molecule has 1 N–H and O–H groups in total. The molecule has 2 aromatic carbocycles. The molecule has 0 saturated carbocycles. The van der Waals surface area contributed by atoms with Gasteiger partial charge >= 0.3 is 0 Å². The molecule has 28 heavy (non-hydrogen) atoms. The average molecular weight is 399 g/mol. The number of halogens is 1. The Bertz CT molecular complexity index is 818. The fourth-order valence-electron chi connectivity index (χ4n) is 3.68. The molecule has 2 atom stereocenters. The molecule has 1 saturated heterocycles. The van der Waals surface area contributed by atoms with Crippen LogP contribution in [-0.2, 0) is 4.79 Å². The molecular formula is C23H27ClN2O2. The predicted octanol–water partition coefficient (Wildman–Crippen LogP) is 4.42. The zero-order valence-electron chi connectivity index (χ0n) is 16.5. The molecule has 0 bridgehead atoms. The molecule has 2 unspecified atom stereocenters. The first-order valence-electron chi connectivity index (χ1n) is 9.88. The van der Waals surface area contributed by atoms with Crippen LogP contribution in [0.4, 0.5) is 0 Å². The fraction of sp³-hybridized carbons (Fsp3) is 0.391. The minimum Gasteiger partial charge on any atom is -0.356 e. The summed E-state index contributed by atoms with van der Waals surface area (Å²) in [4.78, 5) is 27.6. The first kappa shape index (κ1) is 20.4. The molecule has 148 valence electrons. The Morgan fingerprint density at radius 3 is 2.39 bits per heavy atom. The zero-order valence-corrected chi connectivity index (χ0v) is 17.2. The Morgan fingerprint density at radius 2 is 1.75 bits per heavy atom. The van der Waals surface area contributed by atoms with Crippen LogP contribution in [-0.4, -0.2) is 36.3 Å². The third-order valence-corrected chi connectivity index (χ3v) is 5.62. The maximum atomic E-state index is 13.0. The van der Waals surface area contributed by atoms with Gasteiger partial charge in [0.15, 0.2) is 0 Å². The molecule has 2 amide bonds. The van der Waals surface area contributed by atoms with Crippen molar-refractivity contribution in [3.63, 3.8) is 0 Å². The van der Waals surface area contributed by atoms with Crippen LogP contribution in [0.3, 0.4) is 0 Å². The van der Waals surface area contributed by atoms with Crippen LogP contribution >= 0.6 is 11.6 Å². The van der Waals surface area contributed by atoms with Gasteiger partial charge in [0.25, 0.3) is 5.91 Å². The van der Waals surface area contributed by atoms with Crippen LogP contribution in [0, 0.1) is 12.8 Å². The van der Waals surface area contributed by atoms with Gasteiger partial charge in [-0.3, -0.25) is 9.59 Å². The largest absolute Gasteiger partial charge is 0.356 e. The summed E-state index contributed by atoms with van der Waals surface area (Å²) in [6, 6.07) is 15.2. The van der Waals surface area contributed by atoms with Crippen molar-refractivity contribution in [3.05, 3.63) is 70.2 Å². The summed E-state index contributed by atoms with van der Waals surface area (Å²) in [6.45, 7) is 5.79. The van der Waals surface area contributed by atoms with Crippen molar-refractivity contribution in [1.29, 1.82) is 0 Å². The second-order valence-corrected chi connectivity index (χ2v) is 7.92. The summed E-state index contributed by atoms with van der Waals surface area (Å²) in [5.41, 5.74) is 2.88. The number of rotatable bonds is 6. The fourth-order valence-corrected chi connectivity index (χ4v) is 3.81. The van der Waals surface area contributed by atoms with E-state index in [2.05, 4.69) is 36.5 Å². The first-order chi connectivity index (χ1) is 13.5. The van der Waals surface area contributed by atoms with Gasteiger partial charge in [-0.1, -0.05) is 54.8 Å². The Kier molecular flexibility index (Phi) is 6.74. The number of carbonyl (C=O) groups is 2. The van der Waals surface area contributed by atoms with Gasteiger partial charge in [0.05, 0.1) is 5.92 Å². The zero-order chi connectivity index (χ0) is 20.1. The van der Waals surface area contributed by atoms with Gasteiger partial charge in [0, 0.05) is 36.1 Å². The summed E-state index contributed by atoms with van der Waals surface area (Å²) in [7, 11) is 0. The van der Waals surface area contributed by atoms with E-state index in [1.807, 2.05) is 6.92 Å². The molecule has 4 nitrogen and oxygen atoms in total. The van der Waals surface area contributed by atoms with Crippen molar-refractivity contribution in [1.82, 2.24) is 10.2 Å². The summed E-state index contributed by atoms with van der Waals surface area (Å²) < 4.78 is 0. The summed E-state index contributed by atoms with van der Waals surface area (Å²) >= 11 is 5.94. The summed E-state index contributed by atoms with van der Waals surface area (Å²) in [6.07, 6.45) is 1.99. The Balaban J connectivity index is 1.81. The third-order valence-electron chi connectivity index (χ3n) is 5.37. The number of amides is 2. The number of hydrogen-bond donors (Lipinski definition) is 1. The molecule has 1 heterocycles. The highest BCUT2D eigenvalue weighted by Crippen LogP contribution is 2.34. The van der Waals surface area contributed by atoms with Gasteiger partial charge in [-0.05, 0) is 43.2 Å². The van der Waals surface area contributed by atoms with Crippen molar-refractivity contribution in [2.24, 2.45) is 5.92 Å². The van der Waals surface area contributed by atoms with Gasteiger partial charge in [-0.25, -0.2) is 0 Å². The quantitative estimate of drug-likeness (QED) is 0.732. The van der Waals surface area contributed by atoms with Crippen molar-refractivity contribution >= 4 is 23.4 Å². The van der Waals surface area contributed by atoms with Crippen LogP contribution in [0.2, 0.25) is 5.02 Å². The summed E-state index contributed by atoms with van der Waals surface area (Å²) in [5.74, 6) is -0.266. The van der Waals surface area contributed by atoms with Gasteiger partial charge in [-0.2, -0.15) is 0 Å². The van der Waals surface area contributed by atoms with E-state index in [1.165, 1.54) is 5.56 Å². The Labute approximate surface area is 171 Å². The monoisotopic (exact) mass is 398 g/mol. The SMILES string of the molecule is CCCCNC(=O)C1CN(C(=O)c2ccc(Cl)cc2)CC1c1ccc(C)cc1. The van der Waals surface area contributed by atoms with Crippen LogP contribution in [0.15, 0.2) is 48.5 Å². The number of hydrogen-bond acceptors (Lipinski definition) is 2. The second-order valence-electron chi connectivity index (χ2n) is 7.49. The predicted molar refractivity (Wildman–Crippen MR) is 113 cm³/mol.